The molecule has 0 aliphatic rings. The molecular weight excluding hydrogens is 156 g/mol. The topological polar surface area (TPSA) is 25.8 Å². The van der Waals surface area contributed by atoms with Gasteiger partial charge < -0.3 is 0 Å². The summed E-state index contributed by atoms with van der Waals surface area (Å²) in [5, 5.41) is 0. The van der Waals surface area contributed by atoms with Crippen LogP contribution in [0.2, 0.25) is 0 Å². The number of hydrogen-bond donors (Lipinski definition) is 0. The highest BCUT2D eigenvalue weighted by molar-refractivity contribution is 7.07. The van der Waals surface area contributed by atoms with E-state index in [0.717, 1.165) is 16.7 Å². The van der Waals surface area contributed by atoms with Crippen LogP contribution in [0.5, 0.6) is 0 Å². The second-order valence-corrected chi connectivity index (χ2v) is 3.54. The van der Waals surface area contributed by atoms with E-state index in [2.05, 4.69) is 9.36 Å². The van der Waals surface area contributed by atoms with Gasteiger partial charge in [0.25, 0.3) is 0 Å². The number of hydrogen-bond acceptors (Lipinski definition) is 3. The summed E-state index contributed by atoms with van der Waals surface area (Å²) in [5.41, 5.74) is 3.12. The molecule has 0 aliphatic heterocycles. The van der Waals surface area contributed by atoms with E-state index in [0.29, 0.717) is 0 Å². The van der Waals surface area contributed by atoms with Crippen LogP contribution in [-0.2, 0) is 0 Å². The third kappa shape index (κ3) is 1.01. The van der Waals surface area contributed by atoms with Crippen LogP contribution in [0.1, 0.15) is 10.6 Å². The molecule has 3 heteroatoms. The maximum atomic E-state index is 4.38. The van der Waals surface area contributed by atoms with Crippen molar-refractivity contribution in [2.75, 3.05) is 0 Å². The second-order valence-electron chi connectivity index (χ2n) is 2.56. The van der Waals surface area contributed by atoms with Gasteiger partial charge in [0.05, 0.1) is 0 Å². The lowest BCUT2D eigenvalue weighted by Crippen LogP contribution is -1.80. The van der Waals surface area contributed by atoms with Crippen LogP contribution in [0.25, 0.3) is 11.0 Å². The molecule has 56 valence electrons. The van der Waals surface area contributed by atoms with Gasteiger partial charge >= 0.3 is 0 Å². The van der Waals surface area contributed by atoms with Crippen LogP contribution in [0.15, 0.2) is 12.1 Å². The highest BCUT2D eigenvalue weighted by atomic mass is 32.1. The summed E-state index contributed by atoms with van der Waals surface area (Å²) in [6.07, 6.45) is 0. The zero-order valence-corrected chi connectivity index (χ0v) is 7.27. The second kappa shape index (κ2) is 2.27. The van der Waals surface area contributed by atoms with Gasteiger partial charge in [0.15, 0.2) is 0 Å². The molecule has 0 saturated heterocycles. The van der Waals surface area contributed by atoms with Gasteiger partial charge in [-0.3, -0.25) is 4.98 Å². The number of pyridine rings is 1. The van der Waals surface area contributed by atoms with Crippen LogP contribution < -0.4 is 0 Å². The summed E-state index contributed by atoms with van der Waals surface area (Å²) in [5.74, 6) is 0. The molecule has 0 radical (unpaired) electrons. The molecule has 11 heavy (non-hydrogen) atoms. The number of aryl methyl sites for hydroxylation is 2. The lowest BCUT2D eigenvalue weighted by atomic mass is 10.3. The first-order valence-corrected chi connectivity index (χ1v) is 4.24. The first-order valence-electron chi connectivity index (χ1n) is 3.47. The van der Waals surface area contributed by atoms with Gasteiger partial charge in [-0.2, -0.15) is 4.37 Å². The van der Waals surface area contributed by atoms with Gasteiger partial charge in [-0.15, -0.1) is 0 Å². The average molecular weight is 164 g/mol. The van der Waals surface area contributed by atoms with Gasteiger partial charge in [-0.1, -0.05) is 0 Å². The average Bonchev–Trinajstić information content (AvgIpc) is 2.33. The van der Waals surface area contributed by atoms with Gasteiger partial charge in [0, 0.05) is 10.6 Å². The zero-order valence-electron chi connectivity index (χ0n) is 6.46. The van der Waals surface area contributed by atoms with Crippen molar-refractivity contribution < 1.29 is 0 Å². The molecule has 2 heterocycles. The molecule has 0 atom stereocenters. The predicted molar refractivity (Wildman–Crippen MR) is 46.9 cm³/mol. The van der Waals surface area contributed by atoms with Gasteiger partial charge in [0.2, 0.25) is 0 Å². The number of aromatic nitrogens is 2. The lowest BCUT2D eigenvalue weighted by Gasteiger charge is -1.90. The van der Waals surface area contributed by atoms with E-state index >= 15 is 0 Å². The summed E-state index contributed by atoms with van der Waals surface area (Å²) in [6.45, 7) is 4.04. The van der Waals surface area contributed by atoms with Crippen LogP contribution in [0.3, 0.4) is 0 Å². The fourth-order valence-electron chi connectivity index (χ4n) is 1.04. The maximum Gasteiger partial charge on any atom is 0.104 e. The van der Waals surface area contributed by atoms with Crippen molar-refractivity contribution in [2.45, 2.75) is 13.8 Å². The van der Waals surface area contributed by atoms with Crippen molar-refractivity contribution in [3.8, 4) is 0 Å². The Morgan fingerprint density at radius 3 is 2.91 bits per heavy atom. The molecule has 2 aromatic heterocycles. The van der Waals surface area contributed by atoms with E-state index in [4.69, 9.17) is 0 Å². The number of rotatable bonds is 0. The zero-order chi connectivity index (χ0) is 7.84. The minimum atomic E-state index is 1.01. The van der Waals surface area contributed by atoms with Crippen molar-refractivity contribution in [1.82, 2.24) is 9.36 Å². The summed E-state index contributed by atoms with van der Waals surface area (Å²) in [4.78, 5) is 5.58. The first kappa shape index (κ1) is 6.73. The molecule has 2 nitrogen and oxygen atoms in total. The molecule has 0 saturated carbocycles. The Kier molecular flexibility index (Phi) is 1.39. The summed E-state index contributed by atoms with van der Waals surface area (Å²) >= 11 is 1.51. The molecule has 0 N–H and O–H groups in total. The number of fused-ring (bicyclic) bond motifs is 1. The van der Waals surface area contributed by atoms with E-state index in [1.807, 2.05) is 26.0 Å². The Morgan fingerprint density at radius 1 is 1.27 bits per heavy atom. The van der Waals surface area contributed by atoms with Crippen molar-refractivity contribution in [3.05, 3.63) is 22.7 Å². The quantitative estimate of drug-likeness (QED) is 0.597. The van der Waals surface area contributed by atoms with Crippen LogP contribution in [0.4, 0.5) is 0 Å². The summed E-state index contributed by atoms with van der Waals surface area (Å²) in [6, 6.07) is 4.00. The fourth-order valence-corrected chi connectivity index (χ4v) is 1.66. The monoisotopic (exact) mass is 164 g/mol. The molecule has 0 spiro atoms. The van der Waals surface area contributed by atoms with Gasteiger partial charge in [0.1, 0.15) is 11.0 Å². The van der Waals surface area contributed by atoms with E-state index in [1.165, 1.54) is 16.4 Å². The van der Waals surface area contributed by atoms with Crippen molar-refractivity contribution in [2.24, 2.45) is 0 Å². The Labute approximate surface area is 69.1 Å². The maximum absolute atomic E-state index is 4.38. The molecule has 2 rings (SSSR count). The van der Waals surface area contributed by atoms with Crippen molar-refractivity contribution in [3.63, 3.8) is 0 Å². The van der Waals surface area contributed by atoms with Crippen LogP contribution in [0, 0.1) is 13.8 Å². The highest BCUT2D eigenvalue weighted by Crippen LogP contribution is 2.18. The standard InChI is InChI=1S/C8H8N2S/c1-5-3-4-7-8(9-5)6(2)11-10-7/h3-4H,1-2H3. The Bertz CT molecular complexity index is 392. The highest BCUT2D eigenvalue weighted by Gasteiger charge is 2.01. The lowest BCUT2D eigenvalue weighted by molar-refractivity contribution is 1.25. The van der Waals surface area contributed by atoms with Crippen LogP contribution in [-0.4, -0.2) is 9.36 Å². The Balaban J connectivity index is 2.87. The predicted octanol–water partition coefficient (Wildman–Crippen LogP) is 2.31. The third-order valence-corrected chi connectivity index (χ3v) is 2.38. The van der Waals surface area contributed by atoms with E-state index in [1.54, 1.807) is 0 Å². The summed E-state index contributed by atoms with van der Waals surface area (Å²) < 4.78 is 4.24. The molecule has 0 bridgehead atoms. The molecule has 0 amide bonds. The fraction of sp³-hybridized carbons (Fsp3) is 0.250. The minimum absolute atomic E-state index is 1.01. The van der Waals surface area contributed by atoms with Gasteiger partial charge in [-0.05, 0) is 37.5 Å². The van der Waals surface area contributed by atoms with Crippen molar-refractivity contribution >= 4 is 22.6 Å². The van der Waals surface area contributed by atoms with E-state index < -0.39 is 0 Å². The van der Waals surface area contributed by atoms with Crippen molar-refractivity contribution in [1.29, 1.82) is 0 Å². The smallest absolute Gasteiger partial charge is 0.104 e. The molecule has 2 aromatic rings. The third-order valence-electron chi connectivity index (χ3n) is 1.63. The SMILES string of the molecule is Cc1ccc2nsc(C)c2n1. The van der Waals surface area contributed by atoms with Gasteiger partial charge in [-0.25, -0.2) is 0 Å². The minimum Gasteiger partial charge on any atom is -0.250 e. The largest absolute Gasteiger partial charge is 0.250 e. The molecular formula is C8H8N2S. The Morgan fingerprint density at radius 2 is 2.09 bits per heavy atom. The molecule has 0 aliphatic carbocycles. The van der Waals surface area contributed by atoms with Crippen LogP contribution >= 0.6 is 11.5 Å². The number of nitrogens with zero attached hydrogens (tertiary/aromatic N) is 2. The summed E-state index contributed by atoms with van der Waals surface area (Å²) in [7, 11) is 0. The normalized spacial score (nSPS) is 10.7. The molecule has 0 fully saturated rings. The molecule has 0 unspecified atom stereocenters. The Hall–Kier alpha value is -0.960. The van der Waals surface area contributed by atoms with E-state index in [9.17, 15) is 0 Å². The van der Waals surface area contributed by atoms with E-state index in [-0.39, 0.29) is 0 Å². The molecule has 0 aromatic carbocycles. The first-order chi connectivity index (χ1) is 5.27.